The molecular formula is C11H16N2O2. The molecule has 0 saturated heterocycles. The van der Waals surface area contributed by atoms with E-state index in [9.17, 15) is 9.90 Å². The summed E-state index contributed by atoms with van der Waals surface area (Å²) in [6.45, 7) is 0. The number of aliphatic hydroxyl groups excluding tert-OH is 1. The lowest BCUT2D eigenvalue weighted by molar-refractivity contribution is 0.0714. The molecule has 15 heavy (non-hydrogen) atoms. The molecule has 1 aliphatic carbocycles. The quantitative estimate of drug-likeness (QED) is 0.680. The Labute approximate surface area is 88.7 Å². The predicted octanol–water partition coefficient (Wildman–Crippen LogP) is 1.05. The summed E-state index contributed by atoms with van der Waals surface area (Å²) in [4.78, 5) is 14.5. The van der Waals surface area contributed by atoms with Crippen LogP contribution in [0.25, 0.3) is 0 Å². The fraction of sp³-hybridized carbons (Fsp3) is 0.545. The molecule has 1 saturated carbocycles. The average Bonchev–Trinajstić information content (AvgIpc) is 2.74. The standard InChI is InChI=1S/C11H16N2O2/c14-10-6-2-1-4-8(10)13-11(15)9-5-3-7-12-9/h3,5,7-8,10,12,14H,1-2,4,6H2,(H,13,15)/t8-,10-/m0/s1. The Kier molecular flexibility index (Phi) is 3.06. The van der Waals surface area contributed by atoms with Crippen LogP contribution in [0, 0.1) is 0 Å². The van der Waals surface area contributed by atoms with Crippen LogP contribution in [0.2, 0.25) is 0 Å². The van der Waals surface area contributed by atoms with Gasteiger partial charge in [0.15, 0.2) is 0 Å². The number of rotatable bonds is 2. The summed E-state index contributed by atoms with van der Waals surface area (Å²) in [6.07, 6.45) is 5.11. The first-order valence-corrected chi connectivity index (χ1v) is 5.39. The number of aromatic amines is 1. The number of hydrogen-bond acceptors (Lipinski definition) is 2. The summed E-state index contributed by atoms with van der Waals surface area (Å²) in [5, 5.41) is 12.5. The van der Waals surface area contributed by atoms with E-state index in [-0.39, 0.29) is 11.9 Å². The van der Waals surface area contributed by atoms with Crippen molar-refractivity contribution in [1.82, 2.24) is 10.3 Å². The SMILES string of the molecule is O=C(N[C@H]1CCCC[C@@H]1O)c1ccc[nH]1. The maximum Gasteiger partial charge on any atom is 0.267 e. The van der Waals surface area contributed by atoms with Gasteiger partial charge in [-0.25, -0.2) is 0 Å². The van der Waals surface area contributed by atoms with Gasteiger partial charge < -0.3 is 15.4 Å². The molecule has 0 aliphatic heterocycles. The van der Waals surface area contributed by atoms with E-state index in [0.717, 1.165) is 25.7 Å². The molecule has 0 unspecified atom stereocenters. The van der Waals surface area contributed by atoms with Gasteiger partial charge in [-0.3, -0.25) is 4.79 Å². The van der Waals surface area contributed by atoms with Crippen molar-refractivity contribution in [2.45, 2.75) is 37.8 Å². The molecule has 1 aromatic rings. The lowest BCUT2D eigenvalue weighted by Gasteiger charge is -2.28. The molecule has 0 spiro atoms. The van der Waals surface area contributed by atoms with Crippen LogP contribution in [0.4, 0.5) is 0 Å². The molecule has 4 nitrogen and oxygen atoms in total. The number of carbonyl (C=O) groups excluding carboxylic acids is 1. The summed E-state index contributed by atoms with van der Waals surface area (Å²) in [5.74, 6) is -0.133. The van der Waals surface area contributed by atoms with Crippen molar-refractivity contribution in [2.24, 2.45) is 0 Å². The fourth-order valence-electron chi connectivity index (χ4n) is 2.00. The van der Waals surface area contributed by atoms with Crippen molar-refractivity contribution in [2.75, 3.05) is 0 Å². The number of H-pyrrole nitrogens is 1. The van der Waals surface area contributed by atoms with Crippen LogP contribution in [-0.2, 0) is 0 Å². The van der Waals surface area contributed by atoms with Crippen molar-refractivity contribution < 1.29 is 9.90 Å². The molecule has 1 heterocycles. The van der Waals surface area contributed by atoms with Gasteiger partial charge in [-0.1, -0.05) is 12.8 Å². The van der Waals surface area contributed by atoms with E-state index in [1.165, 1.54) is 0 Å². The zero-order valence-corrected chi connectivity index (χ0v) is 8.57. The van der Waals surface area contributed by atoms with Crippen LogP contribution < -0.4 is 5.32 Å². The minimum atomic E-state index is -0.391. The van der Waals surface area contributed by atoms with Gasteiger partial charge in [-0.15, -0.1) is 0 Å². The Bertz CT molecular complexity index is 321. The Morgan fingerprint density at radius 1 is 1.47 bits per heavy atom. The first-order valence-electron chi connectivity index (χ1n) is 5.39. The topological polar surface area (TPSA) is 65.1 Å². The highest BCUT2D eigenvalue weighted by Gasteiger charge is 2.24. The highest BCUT2D eigenvalue weighted by atomic mass is 16.3. The molecule has 4 heteroatoms. The molecule has 3 N–H and O–H groups in total. The summed E-state index contributed by atoms with van der Waals surface area (Å²) >= 11 is 0. The fourth-order valence-corrected chi connectivity index (χ4v) is 2.00. The maximum absolute atomic E-state index is 11.7. The monoisotopic (exact) mass is 208 g/mol. The molecular weight excluding hydrogens is 192 g/mol. The summed E-state index contributed by atoms with van der Waals surface area (Å²) < 4.78 is 0. The largest absolute Gasteiger partial charge is 0.391 e. The van der Waals surface area contributed by atoms with Crippen molar-refractivity contribution >= 4 is 5.91 Å². The van der Waals surface area contributed by atoms with Crippen LogP contribution >= 0.6 is 0 Å². The lowest BCUT2D eigenvalue weighted by Crippen LogP contribution is -2.45. The Morgan fingerprint density at radius 2 is 2.27 bits per heavy atom. The molecule has 1 amide bonds. The van der Waals surface area contributed by atoms with E-state index in [4.69, 9.17) is 0 Å². The van der Waals surface area contributed by atoms with Crippen molar-refractivity contribution in [1.29, 1.82) is 0 Å². The second-order valence-electron chi connectivity index (χ2n) is 4.02. The molecule has 1 aliphatic rings. The van der Waals surface area contributed by atoms with Gasteiger partial charge in [0, 0.05) is 6.20 Å². The van der Waals surface area contributed by atoms with E-state index < -0.39 is 6.10 Å². The summed E-state index contributed by atoms with van der Waals surface area (Å²) in [5.41, 5.74) is 0.549. The number of nitrogens with one attached hydrogen (secondary N) is 2. The molecule has 0 radical (unpaired) electrons. The number of hydrogen-bond donors (Lipinski definition) is 3. The second-order valence-corrected chi connectivity index (χ2v) is 4.02. The number of amides is 1. The highest BCUT2D eigenvalue weighted by molar-refractivity contribution is 5.92. The van der Waals surface area contributed by atoms with Crippen LogP contribution in [0.3, 0.4) is 0 Å². The minimum absolute atomic E-state index is 0.0884. The minimum Gasteiger partial charge on any atom is -0.391 e. The lowest BCUT2D eigenvalue weighted by atomic mass is 9.92. The van der Waals surface area contributed by atoms with E-state index >= 15 is 0 Å². The van der Waals surface area contributed by atoms with Crippen molar-refractivity contribution in [3.63, 3.8) is 0 Å². The summed E-state index contributed by atoms with van der Waals surface area (Å²) in [7, 11) is 0. The molecule has 2 atom stereocenters. The van der Waals surface area contributed by atoms with Crippen molar-refractivity contribution in [3.8, 4) is 0 Å². The van der Waals surface area contributed by atoms with Gasteiger partial charge >= 0.3 is 0 Å². The van der Waals surface area contributed by atoms with Crippen LogP contribution in [0.15, 0.2) is 18.3 Å². The molecule has 82 valence electrons. The van der Waals surface area contributed by atoms with Gasteiger partial charge in [0.1, 0.15) is 5.69 Å². The first kappa shape index (κ1) is 10.2. The van der Waals surface area contributed by atoms with E-state index in [2.05, 4.69) is 10.3 Å². The van der Waals surface area contributed by atoms with Gasteiger partial charge in [0.2, 0.25) is 0 Å². The Morgan fingerprint density at radius 3 is 2.93 bits per heavy atom. The predicted molar refractivity (Wildman–Crippen MR) is 56.5 cm³/mol. The first-order chi connectivity index (χ1) is 7.27. The Balaban J connectivity index is 1.93. The average molecular weight is 208 g/mol. The summed E-state index contributed by atoms with van der Waals surface area (Å²) in [6, 6.07) is 3.42. The van der Waals surface area contributed by atoms with Gasteiger partial charge in [0.25, 0.3) is 5.91 Å². The number of carbonyl (C=O) groups is 1. The van der Waals surface area contributed by atoms with Crippen molar-refractivity contribution in [3.05, 3.63) is 24.0 Å². The van der Waals surface area contributed by atoms with Crippen LogP contribution in [0.1, 0.15) is 36.2 Å². The van der Waals surface area contributed by atoms with Gasteiger partial charge in [0.05, 0.1) is 12.1 Å². The molecule has 0 aromatic carbocycles. The van der Waals surface area contributed by atoms with E-state index in [1.807, 2.05) is 0 Å². The Hall–Kier alpha value is -1.29. The number of aromatic nitrogens is 1. The third-order valence-corrected chi connectivity index (χ3v) is 2.89. The highest BCUT2D eigenvalue weighted by Crippen LogP contribution is 2.18. The molecule has 1 fully saturated rings. The zero-order valence-electron chi connectivity index (χ0n) is 8.57. The maximum atomic E-state index is 11.7. The smallest absolute Gasteiger partial charge is 0.267 e. The molecule has 1 aromatic heterocycles. The van der Waals surface area contributed by atoms with E-state index in [1.54, 1.807) is 18.3 Å². The molecule has 0 bridgehead atoms. The number of aliphatic hydroxyl groups is 1. The normalized spacial score (nSPS) is 26.2. The van der Waals surface area contributed by atoms with E-state index in [0.29, 0.717) is 5.69 Å². The van der Waals surface area contributed by atoms with Gasteiger partial charge in [-0.05, 0) is 25.0 Å². The third kappa shape index (κ3) is 2.39. The molecule has 2 rings (SSSR count). The van der Waals surface area contributed by atoms with Crippen LogP contribution in [-0.4, -0.2) is 28.1 Å². The van der Waals surface area contributed by atoms with Gasteiger partial charge in [-0.2, -0.15) is 0 Å². The second kappa shape index (κ2) is 4.49. The zero-order chi connectivity index (χ0) is 10.7. The van der Waals surface area contributed by atoms with Crippen LogP contribution in [0.5, 0.6) is 0 Å². The third-order valence-electron chi connectivity index (χ3n) is 2.89.